The highest BCUT2D eigenvalue weighted by Crippen LogP contribution is 2.40. The normalized spacial score (nSPS) is 20.0. The number of halogens is 3. The first-order valence-electron chi connectivity index (χ1n) is 7.46. The molecular weight excluding hydrogens is 359 g/mol. The lowest BCUT2D eigenvalue weighted by Crippen LogP contribution is -2.28. The molecule has 0 N–H and O–H groups in total. The third kappa shape index (κ3) is 3.31. The molecule has 1 aromatic carbocycles. The number of anilines is 2. The van der Waals surface area contributed by atoms with Gasteiger partial charge in [-0.05, 0) is 23.7 Å². The van der Waals surface area contributed by atoms with Gasteiger partial charge < -0.3 is 9.47 Å². The molecule has 0 aromatic heterocycles. The number of alkyl halides is 3. The zero-order valence-corrected chi connectivity index (χ0v) is 13.1. The first kappa shape index (κ1) is 17.7. The van der Waals surface area contributed by atoms with Gasteiger partial charge in [0.05, 0.1) is 30.9 Å². The minimum Gasteiger partial charge on any atom is -0.447 e. The number of azide groups is 1. The van der Waals surface area contributed by atoms with Gasteiger partial charge in [-0.15, -0.1) is 0 Å². The van der Waals surface area contributed by atoms with Gasteiger partial charge in [0.1, 0.15) is 12.7 Å². The Morgan fingerprint density at radius 1 is 1.27 bits per heavy atom. The Balaban J connectivity index is 1.93. The Morgan fingerprint density at radius 2 is 2.04 bits per heavy atom. The van der Waals surface area contributed by atoms with Crippen molar-refractivity contribution in [3.05, 3.63) is 34.2 Å². The van der Waals surface area contributed by atoms with Crippen molar-refractivity contribution in [2.75, 3.05) is 36.0 Å². The predicted molar refractivity (Wildman–Crippen MR) is 81.8 cm³/mol. The molecule has 2 heterocycles. The zero-order valence-electron chi connectivity index (χ0n) is 13.1. The molecule has 2 amide bonds. The van der Waals surface area contributed by atoms with E-state index in [1.165, 1.54) is 6.07 Å². The van der Waals surface area contributed by atoms with E-state index in [1.54, 1.807) is 0 Å². The zero-order chi connectivity index (χ0) is 18.9. The molecule has 0 aliphatic carbocycles. The third-order valence-corrected chi connectivity index (χ3v) is 3.87. The van der Waals surface area contributed by atoms with Crippen molar-refractivity contribution in [3.8, 4) is 0 Å². The van der Waals surface area contributed by atoms with Crippen LogP contribution in [0.25, 0.3) is 10.4 Å². The molecule has 2 saturated heterocycles. The lowest BCUT2D eigenvalue weighted by Gasteiger charge is -2.22. The van der Waals surface area contributed by atoms with E-state index in [0.717, 1.165) is 21.9 Å². The summed E-state index contributed by atoms with van der Waals surface area (Å²) >= 11 is 0. The molecule has 26 heavy (non-hydrogen) atoms. The molecule has 9 nitrogen and oxygen atoms in total. The highest BCUT2D eigenvalue weighted by Gasteiger charge is 2.40. The van der Waals surface area contributed by atoms with Crippen molar-refractivity contribution >= 4 is 23.6 Å². The van der Waals surface area contributed by atoms with Gasteiger partial charge in [0.2, 0.25) is 0 Å². The fourth-order valence-corrected chi connectivity index (χ4v) is 2.72. The summed E-state index contributed by atoms with van der Waals surface area (Å²) in [6.07, 6.45) is -7.20. The van der Waals surface area contributed by atoms with E-state index in [4.69, 9.17) is 10.3 Å². The number of amides is 2. The number of ether oxygens (including phenoxy) is 2. The van der Waals surface area contributed by atoms with Gasteiger partial charge in [-0.1, -0.05) is 5.11 Å². The average Bonchev–Trinajstić information content (AvgIpc) is 3.17. The number of rotatable bonds is 4. The molecule has 0 radical (unpaired) electrons. The Bertz CT molecular complexity index is 793. The summed E-state index contributed by atoms with van der Waals surface area (Å²) in [5.41, 5.74) is 6.84. The summed E-state index contributed by atoms with van der Waals surface area (Å²) in [6.45, 7) is -0.179. The molecule has 2 fully saturated rings. The van der Waals surface area contributed by atoms with E-state index in [2.05, 4.69) is 14.8 Å². The van der Waals surface area contributed by atoms with E-state index in [9.17, 15) is 22.8 Å². The number of hydrogen-bond acceptors (Lipinski definition) is 5. The molecule has 12 heteroatoms. The second-order valence-corrected chi connectivity index (χ2v) is 5.50. The molecule has 0 unspecified atom stereocenters. The van der Waals surface area contributed by atoms with Crippen molar-refractivity contribution in [1.29, 1.82) is 0 Å². The van der Waals surface area contributed by atoms with Gasteiger partial charge in [0.25, 0.3) is 0 Å². The minimum atomic E-state index is -4.75. The molecule has 0 saturated carbocycles. The molecule has 1 aromatic rings. The number of benzene rings is 1. The van der Waals surface area contributed by atoms with Crippen LogP contribution in [0.2, 0.25) is 0 Å². The van der Waals surface area contributed by atoms with E-state index in [-0.39, 0.29) is 37.6 Å². The molecule has 138 valence electrons. The van der Waals surface area contributed by atoms with Gasteiger partial charge in [-0.2, -0.15) is 13.2 Å². The monoisotopic (exact) mass is 371 g/mol. The summed E-state index contributed by atoms with van der Waals surface area (Å²) in [5, 5.41) is 3.29. The molecule has 0 bridgehead atoms. The summed E-state index contributed by atoms with van der Waals surface area (Å²) < 4.78 is 50.0. The average molecular weight is 371 g/mol. The van der Waals surface area contributed by atoms with Gasteiger partial charge >= 0.3 is 18.4 Å². The van der Waals surface area contributed by atoms with Crippen molar-refractivity contribution in [1.82, 2.24) is 0 Å². The van der Waals surface area contributed by atoms with E-state index in [1.807, 2.05) is 0 Å². The second kappa shape index (κ2) is 6.64. The Hall–Kier alpha value is -3.14. The third-order valence-electron chi connectivity index (χ3n) is 3.87. The maximum atomic E-state index is 13.5. The van der Waals surface area contributed by atoms with Gasteiger partial charge in [-0.3, -0.25) is 9.80 Å². The Labute approximate surface area is 144 Å². The lowest BCUT2D eigenvalue weighted by molar-refractivity contribution is -0.137. The smallest absolute Gasteiger partial charge is 0.418 e. The predicted octanol–water partition coefficient (Wildman–Crippen LogP) is 3.30. The molecule has 2 aliphatic heterocycles. The van der Waals surface area contributed by atoms with E-state index < -0.39 is 30.0 Å². The van der Waals surface area contributed by atoms with Gasteiger partial charge in [0.15, 0.2) is 0 Å². The standard InChI is InChI=1S/C14H12F3N5O4/c15-14(16,17)10-5-8(1-2-11(10)21-3-4-25-12(21)23)22-7-9(6-19-20-18)26-13(22)24/h1-2,5,9H,3-4,6-7H2/t9-/m0/s1. The first-order chi connectivity index (χ1) is 12.3. The quantitative estimate of drug-likeness (QED) is 0.460. The van der Waals surface area contributed by atoms with Crippen molar-refractivity contribution in [3.63, 3.8) is 0 Å². The summed E-state index contributed by atoms with van der Waals surface area (Å²) in [7, 11) is 0. The second-order valence-electron chi connectivity index (χ2n) is 5.50. The number of carbonyl (C=O) groups is 2. The number of nitrogens with zero attached hydrogens (tertiary/aromatic N) is 5. The molecule has 0 spiro atoms. The number of carbonyl (C=O) groups excluding carboxylic acids is 2. The Kier molecular flexibility index (Phi) is 4.51. The topological polar surface area (TPSA) is 108 Å². The van der Waals surface area contributed by atoms with Crippen LogP contribution in [0.15, 0.2) is 23.3 Å². The molecular formula is C14H12F3N5O4. The fraction of sp³-hybridized carbons (Fsp3) is 0.429. The van der Waals surface area contributed by atoms with E-state index in [0.29, 0.717) is 0 Å². The summed E-state index contributed by atoms with van der Waals surface area (Å²) in [5.74, 6) is 0. The SMILES string of the molecule is [N-]=[N+]=NC[C@H]1CN(c2ccc(N3CCOC3=O)c(C(F)(F)F)c2)C(=O)O1. The van der Waals surface area contributed by atoms with Crippen molar-refractivity contribution in [2.45, 2.75) is 12.3 Å². The van der Waals surface area contributed by atoms with Crippen LogP contribution in [-0.2, 0) is 15.7 Å². The maximum absolute atomic E-state index is 13.5. The van der Waals surface area contributed by atoms with Crippen LogP contribution in [-0.4, -0.2) is 44.5 Å². The summed E-state index contributed by atoms with van der Waals surface area (Å²) in [4.78, 5) is 28.0. The van der Waals surface area contributed by atoms with E-state index >= 15 is 0 Å². The fourth-order valence-electron chi connectivity index (χ4n) is 2.72. The maximum Gasteiger partial charge on any atom is 0.418 e. The minimum absolute atomic E-state index is 0.00124. The van der Waals surface area contributed by atoms with Crippen LogP contribution < -0.4 is 9.80 Å². The van der Waals surface area contributed by atoms with Gasteiger partial charge in [0, 0.05) is 10.6 Å². The molecule has 2 aliphatic rings. The highest BCUT2D eigenvalue weighted by atomic mass is 19.4. The van der Waals surface area contributed by atoms with Crippen LogP contribution in [0.1, 0.15) is 5.56 Å². The van der Waals surface area contributed by atoms with Crippen molar-refractivity contribution < 1.29 is 32.2 Å². The first-order valence-corrected chi connectivity index (χ1v) is 7.46. The number of cyclic esters (lactones) is 2. The van der Waals surface area contributed by atoms with Crippen LogP contribution in [0.5, 0.6) is 0 Å². The molecule has 1 atom stereocenters. The Morgan fingerprint density at radius 3 is 2.65 bits per heavy atom. The van der Waals surface area contributed by atoms with Crippen molar-refractivity contribution in [2.24, 2.45) is 5.11 Å². The lowest BCUT2D eigenvalue weighted by atomic mass is 10.1. The number of hydrogen-bond donors (Lipinski definition) is 0. The van der Waals surface area contributed by atoms with Crippen LogP contribution in [0.3, 0.4) is 0 Å². The van der Waals surface area contributed by atoms with Gasteiger partial charge in [-0.25, -0.2) is 9.59 Å². The van der Waals surface area contributed by atoms with Crippen LogP contribution >= 0.6 is 0 Å². The summed E-state index contributed by atoms with van der Waals surface area (Å²) in [6, 6.07) is 3.17. The van der Waals surface area contributed by atoms with Crippen LogP contribution in [0.4, 0.5) is 34.1 Å². The largest absolute Gasteiger partial charge is 0.447 e. The highest BCUT2D eigenvalue weighted by molar-refractivity contribution is 5.93. The van der Waals surface area contributed by atoms with Crippen LogP contribution in [0, 0.1) is 0 Å². The molecule has 3 rings (SSSR count).